The molecule has 2 saturated heterocycles. The van der Waals surface area contributed by atoms with Gasteiger partial charge in [0, 0.05) is 40.0 Å². The summed E-state index contributed by atoms with van der Waals surface area (Å²) in [5.74, 6) is 0.420. The predicted octanol–water partition coefficient (Wildman–Crippen LogP) is 2.21. The second-order valence-corrected chi connectivity index (χ2v) is 9.35. The molecule has 0 bridgehead atoms. The average molecular weight is 552 g/mol. The molecule has 3 aromatic heterocycles. The number of methoxy groups -OCH3 is 1. The molecule has 12 nitrogen and oxygen atoms in total. The summed E-state index contributed by atoms with van der Waals surface area (Å²) in [7, 11) is 2.79. The Bertz CT molecular complexity index is 1410. The molecule has 5 heterocycles. The third kappa shape index (κ3) is 5.49. The van der Waals surface area contributed by atoms with Crippen molar-refractivity contribution in [3.05, 3.63) is 40.4 Å². The van der Waals surface area contributed by atoms with Gasteiger partial charge in [-0.2, -0.15) is 13.2 Å². The van der Waals surface area contributed by atoms with Gasteiger partial charge in [-0.3, -0.25) is 9.89 Å². The van der Waals surface area contributed by atoms with Crippen molar-refractivity contribution in [2.75, 3.05) is 56.8 Å². The molecule has 3 aromatic rings. The zero-order valence-corrected chi connectivity index (χ0v) is 21.3. The van der Waals surface area contributed by atoms with E-state index < -0.39 is 29.0 Å². The van der Waals surface area contributed by atoms with Gasteiger partial charge in [-0.25, -0.2) is 9.78 Å². The minimum Gasteiger partial charge on any atom is -0.474 e. The quantitative estimate of drug-likeness (QED) is 0.447. The highest BCUT2D eigenvalue weighted by Crippen LogP contribution is 2.32. The lowest BCUT2D eigenvalue weighted by Gasteiger charge is -2.47. The topological polar surface area (TPSA) is 127 Å². The maximum absolute atomic E-state index is 13.2. The van der Waals surface area contributed by atoms with Crippen LogP contribution in [0.5, 0.6) is 5.88 Å². The molecular weight excluding hydrogens is 523 g/mol. The van der Waals surface area contributed by atoms with E-state index in [4.69, 9.17) is 14.2 Å². The largest absolute Gasteiger partial charge is 0.474 e. The van der Waals surface area contributed by atoms with E-state index in [-0.39, 0.29) is 25.3 Å². The molecule has 0 spiro atoms. The Morgan fingerprint density at radius 3 is 2.87 bits per heavy atom. The number of morpholine rings is 1. The maximum atomic E-state index is 13.2. The Morgan fingerprint density at radius 1 is 1.28 bits per heavy atom. The highest BCUT2D eigenvalue weighted by molar-refractivity contribution is 5.89. The molecule has 0 unspecified atom stereocenters. The van der Waals surface area contributed by atoms with Crippen LogP contribution in [-0.2, 0) is 22.7 Å². The standard InChI is InChI=1S/C24H28F3N7O5/c1-32-12-14(24(25,26)27)9-17(22(32)35)29-23(36)34-5-6-38-19-13-33(4-3-18(19)34)15-10-16-20(28-11-15)30-31-21(16)39-8-7-37-2/h9-12,18-19H,3-8,13H2,1-2H3,(H,29,36)(H,28,30,31)/t18-,19-/m1/s1. The van der Waals surface area contributed by atoms with Crippen molar-refractivity contribution in [3.63, 3.8) is 0 Å². The van der Waals surface area contributed by atoms with Gasteiger partial charge in [-0.05, 0) is 18.6 Å². The van der Waals surface area contributed by atoms with Gasteiger partial charge in [0.2, 0.25) is 5.88 Å². The number of H-pyrrole nitrogens is 1. The first-order valence-corrected chi connectivity index (χ1v) is 12.3. The minimum absolute atomic E-state index is 0.247. The second kappa shape index (κ2) is 10.7. The molecule has 0 radical (unpaired) electrons. The number of rotatable bonds is 6. The van der Waals surface area contributed by atoms with Crippen LogP contribution in [0.25, 0.3) is 11.0 Å². The van der Waals surface area contributed by atoms with E-state index in [0.29, 0.717) is 56.5 Å². The van der Waals surface area contributed by atoms with E-state index in [0.717, 1.165) is 15.6 Å². The molecule has 15 heteroatoms. The van der Waals surface area contributed by atoms with Gasteiger partial charge in [-0.1, -0.05) is 0 Å². The minimum atomic E-state index is -4.66. The summed E-state index contributed by atoms with van der Waals surface area (Å²) in [4.78, 5) is 33.6. The number of aromatic nitrogens is 4. The van der Waals surface area contributed by atoms with E-state index in [2.05, 4.69) is 25.4 Å². The normalized spacial score (nSPS) is 19.7. The molecule has 2 atom stereocenters. The summed E-state index contributed by atoms with van der Waals surface area (Å²) in [5, 5.41) is 10.1. The summed E-state index contributed by atoms with van der Waals surface area (Å²) in [6.07, 6.45) is -2.05. The summed E-state index contributed by atoms with van der Waals surface area (Å²) in [6.45, 7) is 2.29. The van der Waals surface area contributed by atoms with Crippen molar-refractivity contribution in [1.82, 2.24) is 24.6 Å². The molecule has 39 heavy (non-hydrogen) atoms. The molecule has 210 valence electrons. The van der Waals surface area contributed by atoms with Crippen LogP contribution in [0.15, 0.2) is 29.3 Å². The van der Waals surface area contributed by atoms with Gasteiger partial charge in [-0.15, -0.1) is 5.10 Å². The average Bonchev–Trinajstić information content (AvgIpc) is 3.32. The molecule has 2 aliphatic rings. The summed E-state index contributed by atoms with van der Waals surface area (Å²) in [6, 6.07) is 1.62. The number of aromatic amines is 1. The molecule has 0 aliphatic carbocycles. The number of amides is 2. The number of carbonyl (C=O) groups is 1. The molecule has 2 amide bonds. The third-order valence-electron chi connectivity index (χ3n) is 6.86. The predicted molar refractivity (Wildman–Crippen MR) is 134 cm³/mol. The van der Waals surface area contributed by atoms with Crippen molar-refractivity contribution in [2.24, 2.45) is 7.05 Å². The Morgan fingerprint density at radius 2 is 2.10 bits per heavy atom. The SMILES string of the molecule is COCCOc1n[nH]c2ncc(N3CC[C@@H]4[C@@H](C3)OCCN4C(=O)Nc3cc(C(F)(F)F)cn(C)c3=O)cc12. The van der Waals surface area contributed by atoms with E-state index in [1.165, 1.54) is 11.9 Å². The molecule has 2 aliphatic heterocycles. The zero-order valence-electron chi connectivity index (χ0n) is 21.3. The van der Waals surface area contributed by atoms with Crippen molar-refractivity contribution >= 4 is 28.4 Å². The van der Waals surface area contributed by atoms with Crippen LogP contribution < -0.4 is 20.5 Å². The summed E-state index contributed by atoms with van der Waals surface area (Å²) >= 11 is 0. The van der Waals surface area contributed by atoms with Gasteiger partial charge in [0.1, 0.15) is 12.3 Å². The summed E-state index contributed by atoms with van der Waals surface area (Å²) < 4.78 is 57.2. The fourth-order valence-corrected chi connectivity index (χ4v) is 4.90. The van der Waals surface area contributed by atoms with Crippen molar-refractivity contribution in [2.45, 2.75) is 24.7 Å². The molecule has 2 fully saturated rings. The number of anilines is 2. The number of ether oxygens (including phenoxy) is 3. The number of alkyl halides is 3. The molecular formula is C24H28F3N7O5. The lowest BCUT2D eigenvalue weighted by molar-refractivity contribution is -0.138. The number of fused-ring (bicyclic) bond motifs is 2. The molecule has 2 N–H and O–H groups in total. The van der Waals surface area contributed by atoms with Crippen LogP contribution in [0.4, 0.5) is 29.3 Å². The number of hydrogen-bond donors (Lipinski definition) is 2. The fraction of sp³-hybridized carbons (Fsp3) is 0.500. The van der Waals surface area contributed by atoms with Crippen LogP contribution in [0, 0.1) is 0 Å². The smallest absolute Gasteiger partial charge is 0.417 e. The van der Waals surface area contributed by atoms with Crippen LogP contribution in [0.3, 0.4) is 0 Å². The van der Waals surface area contributed by atoms with Crippen molar-refractivity contribution < 1.29 is 32.2 Å². The number of halogens is 3. The number of piperidine rings is 1. The number of nitrogens with zero attached hydrogens (tertiary/aromatic N) is 5. The van der Waals surface area contributed by atoms with Crippen molar-refractivity contribution in [1.29, 1.82) is 0 Å². The Kier molecular flexibility index (Phi) is 7.36. The van der Waals surface area contributed by atoms with Crippen LogP contribution >= 0.6 is 0 Å². The molecule has 5 rings (SSSR count). The Balaban J connectivity index is 1.29. The van der Waals surface area contributed by atoms with Gasteiger partial charge in [0.05, 0.1) is 48.2 Å². The highest BCUT2D eigenvalue weighted by Gasteiger charge is 2.40. The fourth-order valence-electron chi connectivity index (χ4n) is 4.90. The van der Waals surface area contributed by atoms with Crippen LogP contribution in [0.1, 0.15) is 12.0 Å². The van der Waals surface area contributed by atoms with Crippen LogP contribution in [0.2, 0.25) is 0 Å². The van der Waals surface area contributed by atoms with Gasteiger partial charge >= 0.3 is 12.2 Å². The number of carbonyl (C=O) groups excluding carboxylic acids is 1. The van der Waals surface area contributed by atoms with Gasteiger partial charge in [0.15, 0.2) is 5.65 Å². The first kappa shape index (κ1) is 26.7. The van der Waals surface area contributed by atoms with E-state index in [1.54, 1.807) is 13.3 Å². The number of urea groups is 1. The number of aryl methyl sites for hydroxylation is 1. The lowest BCUT2D eigenvalue weighted by atomic mass is 9.98. The first-order valence-electron chi connectivity index (χ1n) is 12.3. The van der Waals surface area contributed by atoms with E-state index in [1.807, 2.05) is 6.07 Å². The monoisotopic (exact) mass is 551 g/mol. The third-order valence-corrected chi connectivity index (χ3v) is 6.86. The number of hydrogen-bond acceptors (Lipinski definition) is 8. The number of nitrogens with one attached hydrogen (secondary N) is 2. The maximum Gasteiger partial charge on any atom is 0.417 e. The first-order chi connectivity index (χ1) is 18.7. The zero-order chi connectivity index (χ0) is 27.7. The van der Waals surface area contributed by atoms with Gasteiger partial charge < -0.3 is 33.9 Å². The molecule has 0 saturated carbocycles. The summed E-state index contributed by atoms with van der Waals surface area (Å²) in [5.41, 5.74) is -0.775. The van der Waals surface area contributed by atoms with Crippen molar-refractivity contribution in [3.8, 4) is 5.88 Å². The lowest BCUT2D eigenvalue weighted by Crippen LogP contribution is -2.61. The second-order valence-electron chi connectivity index (χ2n) is 9.35. The van der Waals surface area contributed by atoms with E-state index in [9.17, 15) is 22.8 Å². The van der Waals surface area contributed by atoms with Crippen LogP contribution in [-0.4, -0.2) is 89.4 Å². The van der Waals surface area contributed by atoms with E-state index >= 15 is 0 Å². The van der Waals surface area contributed by atoms with Gasteiger partial charge in [0.25, 0.3) is 5.56 Å². The number of pyridine rings is 2. The molecule has 0 aromatic carbocycles. The highest BCUT2D eigenvalue weighted by atomic mass is 19.4. The Hall–Kier alpha value is -3.85. The Labute approximate surface area is 220 Å².